The van der Waals surface area contributed by atoms with Crippen LogP contribution in [0.25, 0.3) is 0 Å². The minimum atomic E-state index is -0.777. The van der Waals surface area contributed by atoms with E-state index >= 15 is 0 Å². The van der Waals surface area contributed by atoms with Crippen molar-refractivity contribution in [3.05, 3.63) is 70.8 Å². The zero-order valence-corrected chi connectivity index (χ0v) is 50.4. The highest BCUT2D eigenvalue weighted by atomic mass is 16.6. The standard InChI is InChI=1S/C68H94N2O14/c1-37-10-20-57(75)69-33-39-8-7-9-40(26-39)34-70-58(76)21-11-38(2)48-17-19-50-62-52(32-56(74)68(48,50)6)66(4)25-23-46(28-44(66)30-54(62)72)84-60(78)36-82-64(80)42-14-12-41(13-15-42)63(79)81-35-59(77)83-45-22-24-65(3)43(27-45)29-53(71)61-49-18-16-47(37)67(49,5)55(73)31-51(61)65/h7-9,12-15,26,37-38,43-56,61-62,71-74H,10-11,16-25,27-36H2,1-6H3,(H,69,75)(H,70,76)/t37-,38-,43+,44+,45-,46-,47-,48-,49+,50+,51+,52+,53-,54-,55+,56+,61+,62+,65+,66+,67-,68-/m1/s1. The van der Waals surface area contributed by atoms with Crippen molar-refractivity contribution in [1.29, 1.82) is 0 Å². The highest BCUT2D eigenvalue weighted by molar-refractivity contribution is 5.94. The van der Waals surface area contributed by atoms with Crippen LogP contribution in [0.3, 0.4) is 0 Å². The lowest BCUT2D eigenvalue weighted by atomic mass is 9.43. The highest BCUT2D eigenvalue weighted by Gasteiger charge is 2.68. The number of rotatable bonds is 0. The molecule has 8 fully saturated rings. The van der Waals surface area contributed by atoms with Crippen molar-refractivity contribution in [2.75, 3.05) is 13.2 Å². The van der Waals surface area contributed by atoms with E-state index in [4.69, 9.17) is 18.9 Å². The van der Waals surface area contributed by atoms with Gasteiger partial charge in [-0.15, -0.1) is 0 Å². The third-order valence-corrected chi connectivity index (χ3v) is 25.2. The van der Waals surface area contributed by atoms with Crippen LogP contribution in [0.2, 0.25) is 0 Å². The van der Waals surface area contributed by atoms with Crippen molar-refractivity contribution in [3.63, 3.8) is 0 Å². The maximum Gasteiger partial charge on any atom is 0.344 e. The van der Waals surface area contributed by atoms with Crippen molar-refractivity contribution in [1.82, 2.24) is 10.6 Å². The van der Waals surface area contributed by atoms with Crippen molar-refractivity contribution in [2.24, 2.45) is 92.7 Å². The number of aliphatic hydroxyl groups is 4. The van der Waals surface area contributed by atoms with Crippen LogP contribution in [-0.2, 0) is 51.2 Å². The molecule has 460 valence electrons. The highest BCUT2D eigenvalue weighted by Crippen LogP contribution is 2.70. The third kappa shape index (κ3) is 11.3. The molecule has 6 N–H and O–H groups in total. The first-order chi connectivity index (χ1) is 40.0. The Hall–Kier alpha value is -4.90. The van der Waals surface area contributed by atoms with Gasteiger partial charge in [-0.2, -0.15) is 0 Å². The molecule has 0 radical (unpaired) electrons. The number of carbonyl (C=O) groups excluding carboxylic acids is 6. The lowest BCUT2D eigenvalue weighted by Gasteiger charge is -2.63. The van der Waals surface area contributed by atoms with Gasteiger partial charge in [0.25, 0.3) is 0 Å². The molecule has 6 heterocycles. The molecule has 16 rings (SSSR count). The van der Waals surface area contributed by atoms with Crippen molar-refractivity contribution >= 4 is 35.7 Å². The van der Waals surface area contributed by atoms with E-state index in [1.54, 1.807) is 0 Å². The lowest BCUT2D eigenvalue weighted by Crippen LogP contribution is -2.62. The summed E-state index contributed by atoms with van der Waals surface area (Å²) in [6.07, 6.45) is 8.91. The summed E-state index contributed by atoms with van der Waals surface area (Å²) in [5.41, 5.74) is 0.954. The van der Waals surface area contributed by atoms with Crippen LogP contribution in [0.5, 0.6) is 0 Å². The minimum Gasteiger partial charge on any atom is -0.460 e. The van der Waals surface area contributed by atoms with Crippen LogP contribution < -0.4 is 10.6 Å². The number of esters is 4. The van der Waals surface area contributed by atoms with Gasteiger partial charge in [0.15, 0.2) is 13.2 Å². The number of carbonyl (C=O) groups is 6. The molecule has 2 aromatic rings. The fraction of sp³-hybridized carbons (Fsp3) is 0.735. The van der Waals surface area contributed by atoms with Gasteiger partial charge in [0.1, 0.15) is 12.2 Å². The van der Waals surface area contributed by atoms with E-state index in [1.807, 2.05) is 24.3 Å². The second-order valence-electron chi connectivity index (χ2n) is 29.1. The van der Waals surface area contributed by atoms with Crippen LogP contribution >= 0.6 is 0 Å². The second-order valence-corrected chi connectivity index (χ2v) is 29.1. The Morgan fingerprint density at radius 1 is 0.476 bits per heavy atom. The van der Waals surface area contributed by atoms with E-state index in [0.717, 1.165) is 49.7 Å². The van der Waals surface area contributed by atoms with Gasteiger partial charge in [0.2, 0.25) is 11.8 Å². The average molecular weight is 1160 g/mol. The molecule has 16 heteroatoms. The van der Waals surface area contributed by atoms with E-state index in [2.05, 4.69) is 52.2 Å². The number of nitrogens with one attached hydrogen (secondary N) is 2. The molecule has 8 aliphatic carbocycles. The molecule has 0 spiro atoms. The van der Waals surface area contributed by atoms with Gasteiger partial charge in [0.05, 0.1) is 35.5 Å². The van der Waals surface area contributed by atoms with Crippen molar-refractivity contribution in [3.8, 4) is 0 Å². The molecule has 0 unspecified atom stereocenters. The quantitative estimate of drug-likeness (QED) is 0.107. The fourth-order valence-electron chi connectivity index (χ4n) is 20.6. The Kier molecular flexibility index (Phi) is 17.4. The van der Waals surface area contributed by atoms with E-state index in [9.17, 15) is 49.2 Å². The maximum atomic E-state index is 13.5. The molecule has 2 aromatic carbocycles. The topological polar surface area (TPSA) is 244 Å². The molecule has 2 amide bonds. The Labute approximate surface area is 496 Å². The van der Waals surface area contributed by atoms with E-state index in [-0.39, 0.29) is 105 Å². The van der Waals surface area contributed by atoms with Crippen molar-refractivity contribution in [2.45, 2.75) is 207 Å². The van der Waals surface area contributed by atoms with Crippen molar-refractivity contribution < 1.29 is 68.1 Å². The van der Waals surface area contributed by atoms with Gasteiger partial charge in [0, 0.05) is 25.9 Å². The summed E-state index contributed by atoms with van der Waals surface area (Å²) in [4.78, 5) is 79.4. The summed E-state index contributed by atoms with van der Waals surface area (Å²) >= 11 is 0. The molecule has 8 saturated carbocycles. The maximum absolute atomic E-state index is 13.5. The van der Waals surface area contributed by atoms with Gasteiger partial charge in [-0.05, 0) is 231 Å². The van der Waals surface area contributed by atoms with Crippen LogP contribution in [0, 0.1) is 92.7 Å². The minimum absolute atomic E-state index is 0.0289. The number of hydrogen-bond donors (Lipinski definition) is 6. The Morgan fingerprint density at radius 3 is 1.27 bits per heavy atom. The molecular formula is C68H94N2O14. The number of ether oxygens (including phenoxy) is 4. The molecule has 0 saturated heterocycles. The number of hydrogen-bond acceptors (Lipinski definition) is 14. The molecule has 20 bridgehead atoms. The second kappa shape index (κ2) is 24.0. The predicted octanol–water partition coefficient (Wildman–Crippen LogP) is 8.80. The summed E-state index contributed by atoms with van der Waals surface area (Å²) in [7, 11) is 0. The average Bonchev–Trinajstić information content (AvgIpc) is 1.34. The molecule has 14 aliphatic rings. The number of aliphatic hydroxyl groups excluding tert-OH is 4. The van der Waals surface area contributed by atoms with Gasteiger partial charge in [-0.25, -0.2) is 19.2 Å². The summed E-state index contributed by atoms with van der Waals surface area (Å²) in [6.45, 7) is 13.0. The first-order valence-corrected chi connectivity index (χ1v) is 32.2. The first-order valence-electron chi connectivity index (χ1n) is 32.2. The summed E-state index contributed by atoms with van der Waals surface area (Å²) in [5.74, 6) is -1.57. The Morgan fingerprint density at radius 2 is 0.869 bits per heavy atom. The Balaban J connectivity index is 0.751. The number of benzene rings is 2. The van der Waals surface area contributed by atoms with E-state index in [0.29, 0.717) is 90.1 Å². The first kappa shape index (κ1) is 60.8. The summed E-state index contributed by atoms with van der Waals surface area (Å²) in [5, 5.41) is 55.0. The monoisotopic (exact) mass is 1160 g/mol. The molecular weight excluding hydrogens is 1070 g/mol. The van der Waals surface area contributed by atoms with Gasteiger partial charge >= 0.3 is 23.9 Å². The van der Waals surface area contributed by atoms with Gasteiger partial charge in [-0.1, -0.05) is 65.8 Å². The normalized spacial score (nSPS) is 44.4. The molecule has 0 aromatic heterocycles. The molecule has 22 atom stereocenters. The summed E-state index contributed by atoms with van der Waals surface area (Å²) in [6, 6.07) is 13.5. The SMILES string of the molecule is C[C@@H]1CCC(=O)NCc2cccc(c2)CNC(=O)CC[C@@H](C)[C@H]2CC[C@H]3[C@@H]4[C@H](O)C[C@@H]5C[C@@H](CC[C@]5(C)[C@H]4C[C@H](O)[C@]23C)OC(=O)COC(=O)c2ccc(cc2)C(=O)OCC(=O)O[C@@H]2CC[C@@]3(C)[C@@H](C2)C[C@@H](O)[C@@H]2[C@@H]3C[C@H](O)[C@]3(C)[C@@H]1CC[C@@H]23. The number of amides is 2. The fourth-order valence-corrected chi connectivity index (χ4v) is 20.6. The molecule has 84 heavy (non-hydrogen) atoms. The van der Waals surface area contributed by atoms with Gasteiger partial charge in [-0.3, -0.25) is 9.59 Å². The Bertz CT molecular complexity index is 2610. The zero-order valence-electron chi connectivity index (χ0n) is 50.4. The van der Waals surface area contributed by atoms with Crippen LogP contribution in [-0.4, -0.2) is 106 Å². The lowest BCUT2D eigenvalue weighted by molar-refractivity contribution is -0.210. The largest absolute Gasteiger partial charge is 0.460 e. The zero-order chi connectivity index (χ0) is 59.6. The van der Waals surface area contributed by atoms with Crippen LogP contribution in [0.1, 0.15) is 189 Å². The predicted molar refractivity (Wildman–Crippen MR) is 310 cm³/mol. The molecule has 16 nitrogen and oxygen atoms in total. The van der Waals surface area contributed by atoms with E-state index in [1.165, 1.54) is 24.3 Å². The van der Waals surface area contributed by atoms with E-state index < -0.39 is 84.5 Å². The third-order valence-electron chi connectivity index (χ3n) is 25.2. The molecule has 6 aliphatic heterocycles. The van der Waals surface area contributed by atoms with Gasteiger partial charge < -0.3 is 50.0 Å². The summed E-state index contributed by atoms with van der Waals surface area (Å²) < 4.78 is 22.5. The smallest absolute Gasteiger partial charge is 0.344 e. The van der Waals surface area contributed by atoms with Crippen LogP contribution in [0.4, 0.5) is 0 Å². The van der Waals surface area contributed by atoms with Crippen LogP contribution in [0.15, 0.2) is 48.5 Å².